The molecule has 4 heteroatoms. The number of nitrogens with zero attached hydrogens (tertiary/aromatic N) is 1. The first-order valence-corrected chi connectivity index (χ1v) is 7.89. The molecule has 21 heavy (non-hydrogen) atoms. The van der Waals surface area contributed by atoms with Crippen molar-refractivity contribution < 1.29 is 4.79 Å². The van der Waals surface area contributed by atoms with Gasteiger partial charge in [0.1, 0.15) is 5.54 Å². The predicted octanol–water partition coefficient (Wildman–Crippen LogP) is 1.71. The molecule has 2 rings (SSSR count). The fourth-order valence-corrected chi connectivity index (χ4v) is 2.89. The third kappa shape index (κ3) is 3.83. The number of carbonyl (C=O) groups is 1. The van der Waals surface area contributed by atoms with Gasteiger partial charge in [-0.15, -0.1) is 0 Å². The minimum absolute atomic E-state index is 0.307. The summed E-state index contributed by atoms with van der Waals surface area (Å²) in [4.78, 5) is 14.6. The highest BCUT2D eigenvalue weighted by Crippen LogP contribution is 2.30. The van der Waals surface area contributed by atoms with Crippen LogP contribution in [0, 0.1) is 5.92 Å². The summed E-state index contributed by atoms with van der Waals surface area (Å²) < 4.78 is 0. The summed E-state index contributed by atoms with van der Waals surface area (Å²) in [6, 6.07) is 9.80. The molecule has 0 heterocycles. The molecule has 1 fully saturated rings. The summed E-state index contributed by atoms with van der Waals surface area (Å²) in [5.74, 6) is 0.554. The second kappa shape index (κ2) is 7.05. The fourth-order valence-electron chi connectivity index (χ4n) is 2.89. The first-order valence-electron chi connectivity index (χ1n) is 7.89. The van der Waals surface area contributed by atoms with Crippen LogP contribution in [0.4, 0.5) is 0 Å². The number of carbonyl (C=O) groups excluding carboxylic acids is 1. The number of nitrogens with two attached hydrogens (primary N) is 1. The van der Waals surface area contributed by atoms with Gasteiger partial charge in [-0.2, -0.15) is 0 Å². The maximum absolute atomic E-state index is 12.1. The second-order valence-corrected chi connectivity index (χ2v) is 5.97. The Morgan fingerprint density at radius 3 is 2.52 bits per heavy atom. The van der Waals surface area contributed by atoms with Gasteiger partial charge in [0.2, 0.25) is 5.91 Å². The molecule has 0 bridgehead atoms. The number of nitrogens with one attached hydrogen (secondary N) is 1. The Bertz CT molecular complexity index is 458. The summed E-state index contributed by atoms with van der Waals surface area (Å²) in [5.41, 5.74) is 5.90. The van der Waals surface area contributed by atoms with E-state index >= 15 is 0 Å². The van der Waals surface area contributed by atoms with Gasteiger partial charge in [0.25, 0.3) is 0 Å². The highest BCUT2D eigenvalue weighted by molar-refractivity contribution is 5.86. The zero-order valence-electron chi connectivity index (χ0n) is 13.1. The van der Waals surface area contributed by atoms with Crippen molar-refractivity contribution in [2.45, 2.75) is 31.7 Å². The molecule has 1 aromatic rings. The molecular formula is C17H27N3O. The Labute approximate surface area is 127 Å². The molecule has 1 unspecified atom stereocenters. The van der Waals surface area contributed by atoms with Crippen molar-refractivity contribution in [1.29, 1.82) is 0 Å². The van der Waals surface area contributed by atoms with E-state index in [-0.39, 0.29) is 5.91 Å². The summed E-state index contributed by atoms with van der Waals surface area (Å²) in [5, 5.41) is 3.18. The van der Waals surface area contributed by atoms with Crippen LogP contribution in [-0.4, -0.2) is 37.5 Å². The Balaban J connectivity index is 2.10. The van der Waals surface area contributed by atoms with Crippen molar-refractivity contribution in [1.82, 2.24) is 10.2 Å². The van der Waals surface area contributed by atoms with Gasteiger partial charge in [-0.3, -0.25) is 4.79 Å². The molecule has 1 saturated carbocycles. The first kappa shape index (κ1) is 16.0. The van der Waals surface area contributed by atoms with E-state index in [0.29, 0.717) is 6.42 Å². The maximum Gasteiger partial charge on any atom is 0.242 e. The third-order valence-corrected chi connectivity index (χ3v) is 4.58. The van der Waals surface area contributed by atoms with Gasteiger partial charge >= 0.3 is 0 Å². The van der Waals surface area contributed by atoms with E-state index in [4.69, 9.17) is 5.73 Å². The van der Waals surface area contributed by atoms with Gasteiger partial charge in [0, 0.05) is 13.1 Å². The van der Waals surface area contributed by atoms with E-state index in [0.717, 1.165) is 31.1 Å². The topological polar surface area (TPSA) is 58.4 Å². The smallest absolute Gasteiger partial charge is 0.242 e. The van der Waals surface area contributed by atoms with Crippen molar-refractivity contribution in [3.8, 4) is 0 Å². The lowest BCUT2D eigenvalue weighted by molar-refractivity contribution is -0.125. The number of hydrogen-bond donors (Lipinski definition) is 2. The van der Waals surface area contributed by atoms with Gasteiger partial charge in [0.05, 0.1) is 0 Å². The molecule has 3 N–H and O–H groups in total. The molecule has 1 aliphatic rings. The van der Waals surface area contributed by atoms with Crippen LogP contribution in [0.5, 0.6) is 0 Å². The van der Waals surface area contributed by atoms with E-state index < -0.39 is 5.54 Å². The molecule has 116 valence electrons. The molecule has 1 atom stereocenters. The molecule has 4 nitrogen and oxygen atoms in total. The van der Waals surface area contributed by atoms with E-state index in [1.807, 2.05) is 37.4 Å². The van der Waals surface area contributed by atoms with Crippen LogP contribution in [0.3, 0.4) is 0 Å². The Kier molecular flexibility index (Phi) is 5.37. The van der Waals surface area contributed by atoms with E-state index in [1.54, 1.807) is 0 Å². The number of benzene rings is 1. The van der Waals surface area contributed by atoms with E-state index in [2.05, 4.69) is 17.1 Å². The Morgan fingerprint density at radius 1 is 1.38 bits per heavy atom. The van der Waals surface area contributed by atoms with Gasteiger partial charge in [0.15, 0.2) is 0 Å². The van der Waals surface area contributed by atoms with E-state index in [9.17, 15) is 4.79 Å². The molecule has 0 radical (unpaired) electrons. The predicted molar refractivity (Wildman–Crippen MR) is 85.8 cm³/mol. The van der Waals surface area contributed by atoms with Crippen LogP contribution in [0.25, 0.3) is 0 Å². The fraction of sp³-hybridized carbons (Fsp3) is 0.588. The molecule has 1 aromatic carbocycles. The van der Waals surface area contributed by atoms with E-state index in [1.165, 1.54) is 12.8 Å². The largest absolute Gasteiger partial charge is 0.368 e. The van der Waals surface area contributed by atoms with Crippen molar-refractivity contribution >= 4 is 5.91 Å². The van der Waals surface area contributed by atoms with Crippen LogP contribution >= 0.6 is 0 Å². The molecule has 1 aliphatic carbocycles. The monoisotopic (exact) mass is 289 g/mol. The molecule has 0 aliphatic heterocycles. The Morgan fingerprint density at radius 2 is 2.05 bits per heavy atom. The maximum atomic E-state index is 12.1. The normalized spacial score (nSPS) is 17.7. The molecule has 0 aromatic heterocycles. The molecular weight excluding hydrogens is 262 g/mol. The van der Waals surface area contributed by atoms with Crippen LogP contribution in [0.2, 0.25) is 0 Å². The van der Waals surface area contributed by atoms with Crippen molar-refractivity contribution in [3.63, 3.8) is 0 Å². The lowest BCUT2D eigenvalue weighted by Gasteiger charge is -2.33. The molecule has 0 saturated heterocycles. The zero-order valence-corrected chi connectivity index (χ0v) is 13.1. The van der Waals surface area contributed by atoms with Gasteiger partial charge in [-0.05, 0) is 44.3 Å². The zero-order chi connectivity index (χ0) is 15.3. The number of primary amides is 1. The first-order chi connectivity index (χ1) is 10.1. The number of hydrogen-bond acceptors (Lipinski definition) is 3. The van der Waals surface area contributed by atoms with Gasteiger partial charge in [-0.25, -0.2) is 0 Å². The van der Waals surface area contributed by atoms with Crippen molar-refractivity contribution in [2.24, 2.45) is 11.7 Å². The SMILES string of the molecule is CCN(CCC(NC)(C(N)=O)c1ccccc1)CC1CC1. The highest BCUT2D eigenvalue weighted by atomic mass is 16.1. The minimum atomic E-state index is -0.780. The quantitative estimate of drug-likeness (QED) is 0.727. The van der Waals surface area contributed by atoms with Gasteiger partial charge in [-0.1, -0.05) is 37.3 Å². The Hall–Kier alpha value is -1.39. The lowest BCUT2D eigenvalue weighted by atomic mass is 9.85. The average molecular weight is 289 g/mol. The number of amides is 1. The van der Waals surface area contributed by atoms with Crippen molar-refractivity contribution in [3.05, 3.63) is 35.9 Å². The van der Waals surface area contributed by atoms with Crippen LogP contribution in [0.15, 0.2) is 30.3 Å². The highest BCUT2D eigenvalue weighted by Gasteiger charge is 2.37. The minimum Gasteiger partial charge on any atom is -0.368 e. The molecule has 1 amide bonds. The average Bonchev–Trinajstić information content (AvgIpc) is 3.32. The summed E-state index contributed by atoms with van der Waals surface area (Å²) >= 11 is 0. The summed E-state index contributed by atoms with van der Waals surface area (Å²) in [6.45, 7) is 5.22. The summed E-state index contributed by atoms with van der Waals surface area (Å²) in [7, 11) is 1.81. The van der Waals surface area contributed by atoms with Crippen molar-refractivity contribution in [2.75, 3.05) is 26.7 Å². The van der Waals surface area contributed by atoms with Crippen LogP contribution in [-0.2, 0) is 10.3 Å². The standard InChI is InChI=1S/C17H27N3O/c1-3-20(13-14-9-10-14)12-11-17(19-2,16(18)21)15-7-5-4-6-8-15/h4-8,14,19H,3,9-13H2,1-2H3,(H2,18,21). The number of rotatable bonds is 9. The third-order valence-electron chi connectivity index (χ3n) is 4.58. The van der Waals surface area contributed by atoms with Crippen LogP contribution < -0.4 is 11.1 Å². The summed E-state index contributed by atoms with van der Waals surface area (Å²) in [6.07, 6.45) is 3.40. The number of likely N-dealkylation sites (N-methyl/N-ethyl adjacent to an activating group) is 1. The van der Waals surface area contributed by atoms with Crippen LogP contribution in [0.1, 0.15) is 31.7 Å². The second-order valence-electron chi connectivity index (χ2n) is 5.97. The lowest BCUT2D eigenvalue weighted by Crippen LogP contribution is -2.53. The van der Waals surface area contributed by atoms with Gasteiger partial charge < -0.3 is 16.0 Å². The molecule has 0 spiro atoms.